The Morgan fingerprint density at radius 1 is 0.909 bits per heavy atom. The van der Waals surface area contributed by atoms with Crippen LogP contribution in [-0.4, -0.2) is 45.4 Å². The minimum atomic E-state index is -3.77. The van der Waals surface area contributed by atoms with Crippen LogP contribution in [0.4, 0.5) is 11.4 Å². The van der Waals surface area contributed by atoms with Crippen molar-refractivity contribution in [2.45, 2.75) is 18.7 Å². The molecule has 1 amide bonds. The van der Waals surface area contributed by atoms with E-state index in [9.17, 15) is 13.2 Å². The number of amides is 1. The van der Waals surface area contributed by atoms with Crippen molar-refractivity contribution in [1.29, 1.82) is 0 Å². The second kappa shape index (κ2) is 9.45. The van der Waals surface area contributed by atoms with Gasteiger partial charge in [-0.25, -0.2) is 8.42 Å². The second-order valence-electron chi connectivity index (χ2n) is 8.21. The van der Waals surface area contributed by atoms with Crippen LogP contribution in [0.1, 0.15) is 21.5 Å². The fourth-order valence-corrected chi connectivity index (χ4v) is 5.51. The van der Waals surface area contributed by atoms with Gasteiger partial charge in [0.15, 0.2) is 0 Å². The van der Waals surface area contributed by atoms with Gasteiger partial charge in [0.2, 0.25) is 0 Å². The van der Waals surface area contributed by atoms with E-state index in [1.165, 1.54) is 0 Å². The molecule has 0 atom stereocenters. The summed E-state index contributed by atoms with van der Waals surface area (Å²) in [4.78, 5) is 17.3. The van der Waals surface area contributed by atoms with Crippen LogP contribution in [0, 0.1) is 13.8 Å². The molecule has 6 nitrogen and oxygen atoms in total. The molecule has 1 aliphatic rings. The minimum Gasteiger partial charge on any atom is -0.368 e. The van der Waals surface area contributed by atoms with Gasteiger partial charge in [0.1, 0.15) is 0 Å². The lowest BCUT2D eigenvalue weighted by atomic mass is 10.1. The summed E-state index contributed by atoms with van der Waals surface area (Å²) in [7, 11) is -3.77. The van der Waals surface area contributed by atoms with Crippen molar-refractivity contribution in [3.63, 3.8) is 0 Å². The zero-order valence-corrected chi connectivity index (χ0v) is 20.2. The summed E-state index contributed by atoms with van der Waals surface area (Å²) >= 11 is 6.10. The number of piperazine rings is 1. The standard InChI is InChI=1S/C25H26ClN3O3S/c1-18-9-10-19(2)24(15-18)33(31,32)27-22-7-3-5-20(16-22)25(30)29-13-11-28(12-14-29)23-8-4-6-21(26)17-23/h3-10,15-17,27H,11-14H2,1-2H3. The average Bonchev–Trinajstić information content (AvgIpc) is 2.80. The lowest BCUT2D eigenvalue weighted by Gasteiger charge is -2.36. The molecule has 3 aromatic rings. The molecule has 3 aromatic carbocycles. The maximum absolute atomic E-state index is 13.1. The molecule has 1 saturated heterocycles. The number of rotatable bonds is 5. The van der Waals surface area contributed by atoms with Crippen molar-refractivity contribution in [1.82, 2.24) is 4.90 Å². The number of hydrogen-bond donors (Lipinski definition) is 1. The third-order valence-electron chi connectivity index (χ3n) is 5.74. The summed E-state index contributed by atoms with van der Waals surface area (Å²) in [5.74, 6) is -0.117. The molecule has 0 saturated carbocycles. The molecule has 0 bridgehead atoms. The lowest BCUT2D eigenvalue weighted by Crippen LogP contribution is -2.48. The highest BCUT2D eigenvalue weighted by Crippen LogP contribution is 2.23. The molecule has 1 N–H and O–H groups in total. The SMILES string of the molecule is Cc1ccc(C)c(S(=O)(=O)Nc2cccc(C(=O)N3CCN(c4cccc(Cl)c4)CC3)c2)c1. The molecule has 0 aromatic heterocycles. The first kappa shape index (κ1) is 23.1. The van der Waals surface area contributed by atoms with Crippen LogP contribution in [0.15, 0.2) is 71.6 Å². The normalized spacial score (nSPS) is 14.3. The van der Waals surface area contributed by atoms with E-state index in [1.54, 1.807) is 48.2 Å². The number of carbonyl (C=O) groups excluding carboxylic acids is 1. The first-order valence-electron chi connectivity index (χ1n) is 10.7. The average molecular weight is 484 g/mol. The number of halogens is 1. The van der Waals surface area contributed by atoms with Crippen molar-refractivity contribution in [3.8, 4) is 0 Å². The van der Waals surface area contributed by atoms with E-state index in [-0.39, 0.29) is 10.8 Å². The van der Waals surface area contributed by atoms with Crippen LogP contribution in [0.5, 0.6) is 0 Å². The van der Waals surface area contributed by atoms with E-state index >= 15 is 0 Å². The number of sulfonamides is 1. The number of carbonyl (C=O) groups is 1. The predicted octanol–water partition coefficient (Wildman–Crippen LogP) is 4.72. The first-order valence-corrected chi connectivity index (χ1v) is 12.6. The Bertz CT molecular complexity index is 1290. The largest absolute Gasteiger partial charge is 0.368 e. The van der Waals surface area contributed by atoms with E-state index < -0.39 is 10.0 Å². The molecule has 1 aliphatic heterocycles. The molecule has 33 heavy (non-hydrogen) atoms. The zero-order chi connectivity index (χ0) is 23.6. The molecule has 1 heterocycles. The van der Waals surface area contributed by atoms with Gasteiger partial charge in [-0.1, -0.05) is 35.9 Å². The molecule has 172 valence electrons. The van der Waals surface area contributed by atoms with Gasteiger partial charge in [-0.15, -0.1) is 0 Å². The van der Waals surface area contributed by atoms with Crippen molar-refractivity contribution >= 4 is 38.9 Å². The monoisotopic (exact) mass is 483 g/mol. The molecule has 8 heteroatoms. The Balaban J connectivity index is 1.45. The highest BCUT2D eigenvalue weighted by atomic mass is 35.5. The van der Waals surface area contributed by atoms with Crippen molar-refractivity contribution < 1.29 is 13.2 Å². The summed E-state index contributed by atoms with van der Waals surface area (Å²) in [5, 5.41) is 0.686. The van der Waals surface area contributed by atoms with Crippen LogP contribution in [-0.2, 0) is 10.0 Å². The lowest BCUT2D eigenvalue weighted by molar-refractivity contribution is 0.0747. The van der Waals surface area contributed by atoms with E-state index in [0.717, 1.165) is 11.3 Å². The molecule has 1 fully saturated rings. The van der Waals surface area contributed by atoms with E-state index in [1.807, 2.05) is 37.3 Å². The smallest absolute Gasteiger partial charge is 0.262 e. The van der Waals surface area contributed by atoms with Crippen LogP contribution in [0.2, 0.25) is 5.02 Å². The molecule has 0 radical (unpaired) electrons. The highest BCUT2D eigenvalue weighted by molar-refractivity contribution is 7.92. The van der Waals surface area contributed by atoms with E-state index in [2.05, 4.69) is 9.62 Å². The van der Waals surface area contributed by atoms with E-state index in [4.69, 9.17) is 11.6 Å². The maximum atomic E-state index is 13.1. The van der Waals surface area contributed by atoms with Gasteiger partial charge in [-0.2, -0.15) is 0 Å². The third kappa shape index (κ3) is 5.31. The van der Waals surface area contributed by atoms with E-state index in [0.29, 0.717) is 48.0 Å². The zero-order valence-electron chi connectivity index (χ0n) is 18.6. The highest BCUT2D eigenvalue weighted by Gasteiger charge is 2.23. The van der Waals surface area contributed by atoms with Crippen molar-refractivity contribution in [2.75, 3.05) is 35.8 Å². The van der Waals surface area contributed by atoms with Gasteiger partial charge in [0.05, 0.1) is 4.90 Å². The first-order chi connectivity index (χ1) is 15.7. The quantitative estimate of drug-likeness (QED) is 0.570. The number of hydrogen-bond acceptors (Lipinski definition) is 4. The van der Waals surface area contributed by atoms with Crippen LogP contribution in [0.25, 0.3) is 0 Å². The molecule has 4 rings (SSSR count). The second-order valence-corrected chi connectivity index (χ2v) is 10.3. The topological polar surface area (TPSA) is 69.7 Å². The number of aryl methyl sites for hydroxylation is 2. The Hall–Kier alpha value is -3.03. The molecular weight excluding hydrogens is 458 g/mol. The molecule has 0 aliphatic carbocycles. The Morgan fingerprint density at radius 2 is 1.64 bits per heavy atom. The predicted molar refractivity (Wildman–Crippen MR) is 133 cm³/mol. The Morgan fingerprint density at radius 3 is 2.36 bits per heavy atom. The summed E-state index contributed by atoms with van der Waals surface area (Å²) in [6, 6.07) is 19.6. The number of nitrogens with one attached hydrogen (secondary N) is 1. The van der Waals surface area contributed by atoms with Crippen LogP contribution >= 0.6 is 11.6 Å². The summed E-state index contributed by atoms with van der Waals surface area (Å²) in [6.45, 7) is 6.16. The fourth-order valence-electron chi connectivity index (χ4n) is 3.95. The molecular formula is C25H26ClN3O3S. The van der Waals surface area contributed by atoms with Gasteiger partial charge >= 0.3 is 0 Å². The Kier molecular flexibility index (Phi) is 6.63. The summed E-state index contributed by atoms with van der Waals surface area (Å²) in [5.41, 5.74) is 3.38. The molecule has 0 spiro atoms. The molecule has 0 unspecified atom stereocenters. The van der Waals surface area contributed by atoms with Gasteiger partial charge < -0.3 is 9.80 Å². The van der Waals surface area contributed by atoms with Crippen molar-refractivity contribution in [3.05, 3.63) is 88.4 Å². The maximum Gasteiger partial charge on any atom is 0.262 e. The number of anilines is 2. The minimum absolute atomic E-state index is 0.117. The van der Waals surface area contributed by atoms with Crippen LogP contribution in [0.3, 0.4) is 0 Å². The van der Waals surface area contributed by atoms with Gasteiger partial charge in [0.25, 0.3) is 15.9 Å². The summed E-state index contributed by atoms with van der Waals surface area (Å²) < 4.78 is 28.5. The van der Waals surface area contributed by atoms with Gasteiger partial charge in [-0.05, 0) is 67.4 Å². The van der Waals surface area contributed by atoms with Crippen molar-refractivity contribution in [2.24, 2.45) is 0 Å². The van der Waals surface area contributed by atoms with Gasteiger partial charge in [0, 0.05) is 48.1 Å². The number of benzene rings is 3. The van der Waals surface area contributed by atoms with Crippen LogP contribution < -0.4 is 9.62 Å². The third-order valence-corrected chi connectivity index (χ3v) is 7.49. The Labute approximate surface area is 199 Å². The summed E-state index contributed by atoms with van der Waals surface area (Å²) in [6.07, 6.45) is 0. The number of nitrogens with zero attached hydrogens (tertiary/aromatic N) is 2. The van der Waals surface area contributed by atoms with Gasteiger partial charge in [-0.3, -0.25) is 9.52 Å². The fraction of sp³-hybridized carbons (Fsp3) is 0.240.